The first-order chi connectivity index (χ1) is 9.46. The van der Waals surface area contributed by atoms with Crippen LogP contribution >= 0.6 is 15.9 Å². The molecule has 1 aliphatic rings. The second kappa shape index (κ2) is 6.69. The van der Waals surface area contributed by atoms with Gasteiger partial charge >= 0.3 is 0 Å². The van der Waals surface area contributed by atoms with Crippen molar-refractivity contribution in [2.24, 2.45) is 0 Å². The van der Waals surface area contributed by atoms with Gasteiger partial charge in [-0.1, -0.05) is 12.1 Å². The van der Waals surface area contributed by atoms with Crippen molar-refractivity contribution in [2.45, 2.75) is 18.9 Å². The number of halogens is 1. The molecule has 20 heavy (non-hydrogen) atoms. The monoisotopic (exact) mass is 360 g/mol. The van der Waals surface area contributed by atoms with Gasteiger partial charge in [0, 0.05) is 23.5 Å². The summed E-state index contributed by atoms with van der Waals surface area (Å²) in [5.74, 6) is 0.331. The second-order valence-corrected chi connectivity index (χ2v) is 7.92. The van der Waals surface area contributed by atoms with E-state index in [1.165, 1.54) is 0 Å². The number of carbonyl (C=O) groups excluding carboxylic acids is 1. The van der Waals surface area contributed by atoms with E-state index in [4.69, 9.17) is 0 Å². The number of rotatable bonds is 5. The van der Waals surface area contributed by atoms with Gasteiger partial charge < -0.3 is 10.6 Å². The predicted octanol–water partition coefficient (Wildman–Crippen LogP) is 1.55. The molecule has 0 aliphatic carbocycles. The SMILES string of the molecule is O=C(CCNC1CCS(=O)(=O)C1)Nc1ccccc1Br. The summed E-state index contributed by atoms with van der Waals surface area (Å²) in [6.45, 7) is 0.483. The maximum atomic E-state index is 11.8. The summed E-state index contributed by atoms with van der Waals surface area (Å²) >= 11 is 3.36. The molecule has 2 rings (SSSR count). The summed E-state index contributed by atoms with van der Waals surface area (Å²) in [6.07, 6.45) is 0.950. The van der Waals surface area contributed by atoms with Crippen LogP contribution in [-0.4, -0.2) is 38.4 Å². The number of anilines is 1. The van der Waals surface area contributed by atoms with Crippen LogP contribution in [0, 0.1) is 0 Å². The molecule has 0 spiro atoms. The third-order valence-corrected chi connectivity index (χ3v) is 5.62. The van der Waals surface area contributed by atoms with Gasteiger partial charge in [-0.25, -0.2) is 8.42 Å². The Labute approximate surface area is 127 Å². The van der Waals surface area contributed by atoms with Gasteiger partial charge in [-0.3, -0.25) is 4.79 Å². The van der Waals surface area contributed by atoms with Crippen molar-refractivity contribution in [3.8, 4) is 0 Å². The Morgan fingerprint density at radius 1 is 1.35 bits per heavy atom. The first-order valence-corrected chi connectivity index (χ1v) is 9.06. The molecule has 5 nitrogen and oxygen atoms in total. The van der Waals surface area contributed by atoms with Crippen molar-refractivity contribution < 1.29 is 13.2 Å². The van der Waals surface area contributed by atoms with Crippen molar-refractivity contribution in [2.75, 3.05) is 23.4 Å². The number of hydrogen-bond donors (Lipinski definition) is 2. The first kappa shape index (κ1) is 15.5. The van der Waals surface area contributed by atoms with Crippen LogP contribution in [0.25, 0.3) is 0 Å². The lowest BCUT2D eigenvalue weighted by molar-refractivity contribution is -0.116. The maximum absolute atomic E-state index is 11.8. The third-order valence-electron chi connectivity index (χ3n) is 3.17. The zero-order valence-corrected chi connectivity index (χ0v) is 13.3. The predicted molar refractivity (Wildman–Crippen MR) is 82.5 cm³/mol. The number of para-hydroxylation sites is 1. The van der Waals surface area contributed by atoms with Gasteiger partial charge in [0.15, 0.2) is 9.84 Å². The standard InChI is InChI=1S/C13H17BrN2O3S/c14-11-3-1-2-4-12(11)16-13(17)5-7-15-10-6-8-20(18,19)9-10/h1-4,10,15H,5-9H2,(H,16,17). The second-order valence-electron chi connectivity index (χ2n) is 4.83. The molecule has 1 heterocycles. The highest BCUT2D eigenvalue weighted by atomic mass is 79.9. The molecule has 7 heteroatoms. The molecule has 1 amide bonds. The number of hydrogen-bond acceptors (Lipinski definition) is 4. The fourth-order valence-electron chi connectivity index (χ4n) is 2.12. The summed E-state index contributed by atoms with van der Waals surface area (Å²) in [5.41, 5.74) is 0.737. The molecule has 1 saturated heterocycles. The van der Waals surface area contributed by atoms with E-state index in [1.54, 1.807) is 0 Å². The van der Waals surface area contributed by atoms with E-state index in [0.29, 0.717) is 19.4 Å². The van der Waals surface area contributed by atoms with Crippen LogP contribution in [0.3, 0.4) is 0 Å². The van der Waals surface area contributed by atoms with Crippen molar-refractivity contribution in [1.82, 2.24) is 5.32 Å². The summed E-state index contributed by atoms with van der Waals surface area (Å²) < 4.78 is 23.4. The van der Waals surface area contributed by atoms with Crippen LogP contribution in [0.1, 0.15) is 12.8 Å². The Hall–Kier alpha value is -0.920. The van der Waals surface area contributed by atoms with Crippen LogP contribution in [0.5, 0.6) is 0 Å². The Morgan fingerprint density at radius 3 is 2.75 bits per heavy atom. The molecular formula is C13H17BrN2O3S. The average Bonchev–Trinajstić information content (AvgIpc) is 2.72. The zero-order chi connectivity index (χ0) is 14.6. The molecular weight excluding hydrogens is 344 g/mol. The van der Waals surface area contributed by atoms with Gasteiger partial charge in [0.1, 0.15) is 0 Å². The first-order valence-electron chi connectivity index (χ1n) is 6.44. The van der Waals surface area contributed by atoms with Crippen LogP contribution in [0.4, 0.5) is 5.69 Å². The minimum Gasteiger partial charge on any atom is -0.325 e. The minimum absolute atomic E-state index is 0.0174. The highest BCUT2D eigenvalue weighted by Gasteiger charge is 2.27. The summed E-state index contributed by atoms with van der Waals surface area (Å²) in [7, 11) is -2.87. The van der Waals surface area contributed by atoms with E-state index in [-0.39, 0.29) is 23.5 Å². The van der Waals surface area contributed by atoms with Crippen molar-refractivity contribution in [3.63, 3.8) is 0 Å². The summed E-state index contributed by atoms with van der Waals surface area (Å²) in [5, 5.41) is 5.92. The van der Waals surface area contributed by atoms with Gasteiger partial charge in [-0.05, 0) is 34.5 Å². The molecule has 1 aromatic carbocycles. The van der Waals surface area contributed by atoms with E-state index in [1.807, 2.05) is 24.3 Å². The molecule has 0 bridgehead atoms. The highest BCUT2D eigenvalue weighted by Crippen LogP contribution is 2.21. The topological polar surface area (TPSA) is 75.3 Å². The maximum Gasteiger partial charge on any atom is 0.225 e. The van der Waals surface area contributed by atoms with Gasteiger partial charge in [-0.2, -0.15) is 0 Å². The molecule has 1 atom stereocenters. The Bertz CT molecular complexity index is 589. The molecule has 0 saturated carbocycles. The third kappa shape index (κ3) is 4.57. The normalized spacial score (nSPS) is 20.8. The van der Waals surface area contributed by atoms with E-state index >= 15 is 0 Å². The van der Waals surface area contributed by atoms with Crippen molar-refractivity contribution in [1.29, 1.82) is 0 Å². The summed E-state index contributed by atoms with van der Waals surface area (Å²) in [6, 6.07) is 7.39. The molecule has 0 radical (unpaired) electrons. The lowest BCUT2D eigenvalue weighted by atomic mass is 10.2. The average molecular weight is 361 g/mol. The minimum atomic E-state index is -2.87. The Morgan fingerprint density at radius 2 is 2.10 bits per heavy atom. The van der Waals surface area contributed by atoms with E-state index < -0.39 is 9.84 Å². The van der Waals surface area contributed by atoms with Gasteiger partial charge in [0.05, 0.1) is 17.2 Å². The Balaban J connectivity index is 1.72. The highest BCUT2D eigenvalue weighted by molar-refractivity contribution is 9.10. The van der Waals surface area contributed by atoms with E-state index in [2.05, 4.69) is 26.6 Å². The Kier molecular flexibility index (Phi) is 5.17. The van der Waals surface area contributed by atoms with Crippen molar-refractivity contribution in [3.05, 3.63) is 28.7 Å². The van der Waals surface area contributed by atoms with Crippen LogP contribution in [0.2, 0.25) is 0 Å². The number of amides is 1. The zero-order valence-electron chi connectivity index (χ0n) is 10.9. The quantitative estimate of drug-likeness (QED) is 0.835. The number of nitrogens with one attached hydrogen (secondary N) is 2. The number of sulfone groups is 1. The molecule has 1 aliphatic heterocycles. The van der Waals surface area contributed by atoms with Gasteiger partial charge in [-0.15, -0.1) is 0 Å². The van der Waals surface area contributed by atoms with Gasteiger partial charge in [0.2, 0.25) is 5.91 Å². The molecule has 2 N–H and O–H groups in total. The molecule has 1 unspecified atom stereocenters. The van der Waals surface area contributed by atoms with Gasteiger partial charge in [0.25, 0.3) is 0 Å². The summed E-state index contributed by atoms with van der Waals surface area (Å²) in [4.78, 5) is 11.8. The lowest BCUT2D eigenvalue weighted by Gasteiger charge is -2.11. The van der Waals surface area contributed by atoms with Crippen LogP contribution in [-0.2, 0) is 14.6 Å². The largest absolute Gasteiger partial charge is 0.325 e. The number of carbonyl (C=O) groups is 1. The fraction of sp³-hybridized carbons (Fsp3) is 0.462. The van der Waals surface area contributed by atoms with Crippen molar-refractivity contribution >= 4 is 37.4 Å². The molecule has 1 aromatic rings. The molecule has 1 fully saturated rings. The van der Waals surface area contributed by atoms with E-state index in [0.717, 1.165) is 10.2 Å². The van der Waals surface area contributed by atoms with E-state index in [9.17, 15) is 13.2 Å². The molecule has 0 aromatic heterocycles. The van der Waals surface area contributed by atoms with Crippen LogP contribution < -0.4 is 10.6 Å². The molecule has 110 valence electrons. The smallest absolute Gasteiger partial charge is 0.225 e. The lowest BCUT2D eigenvalue weighted by Crippen LogP contribution is -2.32. The number of benzene rings is 1. The fourth-order valence-corrected chi connectivity index (χ4v) is 4.21. The van der Waals surface area contributed by atoms with Crippen LogP contribution in [0.15, 0.2) is 28.7 Å².